The van der Waals surface area contributed by atoms with Crippen molar-refractivity contribution in [2.24, 2.45) is 0 Å². The number of hydrogen-bond acceptors (Lipinski definition) is 1. The third-order valence-electron chi connectivity index (χ3n) is 4.31. The lowest BCUT2D eigenvalue weighted by atomic mass is 9.79. The normalized spacial score (nSPS) is 16.7. The van der Waals surface area contributed by atoms with Gasteiger partial charge in [-0.2, -0.15) is 0 Å². The van der Waals surface area contributed by atoms with E-state index in [9.17, 15) is 0 Å². The van der Waals surface area contributed by atoms with Gasteiger partial charge in [0.05, 0.1) is 6.04 Å². The molecular weight excluding hydrogens is 310 g/mol. The Balaban J connectivity index is 1.90. The van der Waals surface area contributed by atoms with Crippen LogP contribution in [0.3, 0.4) is 0 Å². The summed E-state index contributed by atoms with van der Waals surface area (Å²) in [6.45, 7) is 0. The second-order valence-corrected chi connectivity index (χ2v) is 6.49. The van der Waals surface area contributed by atoms with Gasteiger partial charge >= 0.3 is 0 Å². The predicted octanol–water partition coefficient (Wildman–Crippen LogP) is 5.03. The van der Waals surface area contributed by atoms with E-state index >= 15 is 0 Å². The van der Waals surface area contributed by atoms with Crippen LogP contribution in [0.15, 0.2) is 53.0 Å². The molecule has 1 aliphatic rings. The van der Waals surface area contributed by atoms with Gasteiger partial charge in [0, 0.05) is 4.47 Å². The number of rotatable bonds is 4. The number of nitrogens with one attached hydrogen (secondary N) is 1. The molecule has 2 aromatic carbocycles. The monoisotopic (exact) mass is 329 g/mol. The molecule has 2 aromatic rings. The molecule has 0 saturated heterocycles. The van der Waals surface area contributed by atoms with E-state index in [1.165, 1.54) is 36.0 Å². The molecule has 0 aliphatic heterocycles. The highest BCUT2D eigenvalue weighted by atomic mass is 79.9. The molecule has 0 bridgehead atoms. The maximum atomic E-state index is 3.50. The van der Waals surface area contributed by atoms with Crippen LogP contribution in [0.25, 0.3) is 0 Å². The summed E-state index contributed by atoms with van der Waals surface area (Å²) in [5.74, 6) is 0.789. The fraction of sp³-hybridized carbons (Fsp3) is 0.333. The van der Waals surface area contributed by atoms with Gasteiger partial charge in [0.25, 0.3) is 0 Å². The molecule has 1 saturated carbocycles. The van der Waals surface area contributed by atoms with E-state index in [1.54, 1.807) is 0 Å². The van der Waals surface area contributed by atoms with Crippen LogP contribution in [0.5, 0.6) is 0 Å². The molecule has 0 spiro atoms. The van der Waals surface area contributed by atoms with E-state index in [1.807, 2.05) is 7.05 Å². The molecule has 1 unspecified atom stereocenters. The molecule has 0 amide bonds. The van der Waals surface area contributed by atoms with Gasteiger partial charge in [-0.1, -0.05) is 58.7 Å². The molecule has 1 atom stereocenters. The predicted molar refractivity (Wildman–Crippen MR) is 88.1 cm³/mol. The van der Waals surface area contributed by atoms with Crippen molar-refractivity contribution in [2.45, 2.75) is 31.2 Å². The van der Waals surface area contributed by atoms with Crippen LogP contribution in [0.1, 0.15) is 47.9 Å². The maximum Gasteiger partial charge on any atom is 0.0574 e. The first-order valence-corrected chi connectivity index (χ1v) is 8.10. The number of halogens is 1. The number of benzene rings is 2. The molecule has 1 N–H and O–H groups in total. The Morgan fingerprint density at radius 3 is 2.40 bits per heavy atom. The van der Waals surface area contributed by atoms with Crippen molar-refractivity contribution in [2.75, 3.05) is 7.05 Å². The third kappa shape index (κ3) is 2.82. The van der Waals surface area contributed by atoms with E-state index < -0.39 is 0 Å². The minimum atomic E-state index is 0.267. The Labute approximate surface area is 129 Å². The molecular formula is C18H20BrN. The fourth-order valence-electron chi connectivity index (χ4n) is 2.92. The first kappa shape index (κ1) is 13.8. The zero-order valence-corrected chi connectivity index (χ0v) is 13.4. The van der Waals surface area contributed by atoms with Crippen molar-refractivity contribution in [1.29, 1.82) is 0 Å². The summed E-state index contributed by atoms with van der Waals surface area (Å²) >= 11 is 3.50. The summed E-state index contributed by atoms with van der Waals surface area (Å²) in [6.07, 6.45) is 4.09. The lowest BCUT2D eigenvalue weighted by Crippen LogP contribution is -2.18. The first-order valence-electron chi connectivity index (χ1n) is 7.30. The highest BCUT2D eigenvalue weighted by Crippen LogP contribution is 2.37. The fourth-order valence-corrected chi connectivity index (χ4v) is 3.18. The minimum Gasteiger partial charge on any atom is -0.309 e. The van der Waals surface area contributed by atoms with Gasteiger partial charge in [0.2, 0.25) is 0 Å². The maximum absolute atomic E-state index is 3.50. The van der Waals surface area contributed by atoms with Crippen LogP contribution >= 0.6 is 15.9 Å². The Morgan fingerprint density at radius 1 is 1.05 bits per heavy atom. The second kappa shape index (κ2) is 6.11. The van der Waals surface area contributed by atoms with Crippen molar-refractivity contribution in [3.63, 3.8) is 0 Å². The lowest BCUT2D eigenvalue weighted by Gasteiger charge is -2.27. The van der Waals surface area contributed by atoms with E-state index in [2.05, 4.69) is 69.8 Å². The molecule has 0 aromatic heterocycles. The SMILES string of the molecule is CNC(c1ccc(Br)cc1)c1cccc(C2CCC2)c1. The Morgan fingerprint density at radius 2 is 1.80 bits per heavy atom. The Bertz CT molecular complexity index is 572. The van der Waals surface area contributed by atoms with Crippen LogP contribution in [0, 0.1) is 0 Å². The highest BCUT2D eigenvalue weighted by Gasteiger charge is 2.20. The summed E-state index contributed by atoms with van der Waals surface area (Å²) in [5, 5.41) is 3.44. The largest absolute Gasteiger partial charge is 0.309 e. The van der Waals surface area contributed by atoms with Crippen molar-refractivity contribution in [1.82, 2.24) is 5.32 Å². The molecule has 2 heteroatoms. The zero-order chi connectivity index (χ0) is 13.9. The van der Waals surface area contributed by atoms with Crippen LogP contribution in [0.4, 0.5) is 0 Å². The standard InChI is InChI=1S/C18H20BrN/c1-20-18(14-8-10-17(19)11-9-14)16-7-3-6-15(12-16)13-4-2-5-13/h3,6-13,18,20H,2,4-5H2,1H3. The van der Waals surface area contributed by atoms with Gasteiger partial charge in [-0.25, -0.2) is 0 Å². The van der Waals surface area contributed by atoms with E-state index in [-0.39, 0.29) is 6.04 Å². The molecule has 1 nitrogen and oxygen atoms in total. The zero-order valence-electron chi connectivity index (χ0n) is 11.8. The molecule has 1 aliphatic carbocycles. The average Bonchev–Trinajstić information content (AvgIpc) is 2.40. The van der Waals surface area contributed by atoms with Gasteiger partial charge in [-0.3, -0.25) is 0 Å². The van der Waals surface area contributed by atoms with Crippen LogP contribution in [-0.2, 0) is 0 Å². The summed E-state index contributed by atoms with van der Waals surface area (Å²) < 4.78 is 1.12. The highest BCUT2D eigenvalue weighted by molar-refractivity contribution is 9.10. The van der Waals surface area contributed by atoms with Crippen molar-refractivity contribution in [3.8, 4) is 0 Å². The Hall–Kier alpha value is -1.12. The minimum absolute atomic E-state index is 0.267. The summed E-state index contributed by atoms with van der Waals surface area (Å²) in [7, 11) is 2.03. The van der Waals surface area contributed by atoms with E-state index in [0.29, 0.717) is 0 Å². The average molecular weight is 330 g/mol. The molecule has 1 fully saturated rings. The molecule has 104 valence electrons. The van der Waals surface area contributed by atoms with E-state index in [0.717, 1.165) is 10.4 Å². The second-order valence-electron chi connectivity index (χ2n) is 5.57. The summed E-state index contributed by atoms with van der Waals surface area (Å²) in [6, 6.07) is 17.9. The van der Waals surface area contributed by atoms with E-state index in [4.69, 9.17) is 0 Å². The van der Waals surface area contributed by atoms with Gasteiger partial charge in [0.15, 0.2) is 0 Å². The van der Waals surface area contributed by atoms with Crippen molar-refractivity contribution < 1.29 is 0 Å². The quantitative estimate of drug-likeness (QED) is 0.829. The lowest BCUT2D eigenvalue weighted by molar-refractivity contribution is 0.419. The van der Waals surface area contributed by atoms with Gasteiger partial charge in [-0.15, -0.1) is 0 Å². The van der Waals surface area contributed by atoms with Gasteiger partial charge < -0.3 is 5.32 Å². The summed E-state index contributed by atoms with van der Waals surface area (Å²) in [5.41, 5.74) is 4.17. The van der Waals surface area contributed by atoms with Crippen LogP contribution in [-0.4, -0.2) is 7.05 Å². The first-order chi connectivity index (χ1) is 9.78. The van der Waals surface area contributed by atoms with Crippen molar-refractivity contribution in [3.05, 3.63) is 69.7 Å². The van der Waals surface area contributed by atoms with Gasteiger partial charge in [-0.05, 0) is 54.6 Å². The van der Waals surface area contributed by atoms with Crippen molar-refractivity contribution >= 4 is 15.9 Å². The Kier molecular flexibility index (Phi) is 4.23. The van der Waals surface area contributed by atoms with Crippen LogP contribution < -0.4 is 5.32 Å². The van der Waals surface area contributed by atoms with Gasteiger partial charge in [0.1, 0.15) is 0 Å². The topological polar surface area (TPSA) is 12.0 Å². The van der Waals surface area contributed by atoms with Crippen LogP contribution in [0.2, 0.25) is 0 Å². The molecule has 0 heterocycles. The number of hydrogen-bond donors (Lipinski definition) is 1. The third-order valence-corrected chi connectivity index (χ3v) is 4.84. The molecule has 20 heavy (non-hydrogen) atoms. The smallest absolute Gasteiger partial charge is 0.0574 e. The molecule has 0 radical (unpaired) electrons. The molecule has 3 rings (SSSR count). The summed E-state index contributed by atoms with van der Waals surface area (Å²) in [4.78, 5) is 0.